The van der Waals surface area contributed by atoms with Crippen LogP contribution in [-0.4, -0.2) is 122 Å². The van der Waals surface area contributed by atoms with Crippen LogP contribution in [0.25, 0.3) is 0 Å². The van der Waals surface area contributed by atoms with Crippen LogP contribution >= 0.6 is 11.8 Å². The summed E-state index contributed by atoms with van der Waals surface area (Å²) >= 11 is 1.41. The van der Waals surface area contributed by atoms with E-state index >= 15 is 0 Å². The lowest BCUT2D eigenvalue weighted by Gasteiger charge is -2.39. The zero-order chi connectivity index (χ0) is 52.2. The van der Waals surface area contributed by atoms with Crippen molar-refractivity contribution in [2.24, 2.45) is 10.8 Å². The average Bonchev–Trinajstić information content (AvgIpc) is 3.34. The zero-order valence-electron chi connectivity index (χ0n) is 41.0. The SMILES string of the molecule is C=C.COC(=O)C1(C)CCN(CCC(CSc2ccccc2)Nc2ccc(S(=O)(=O)NC(=O)c3ccc(N4CCN(CC5=C(CCCC(F)F)CC(C)(C)CC5)CC4)cc3)cc2S(=O)(=O)C(F)(F)F)CC1. The number of ether oxygens (including phenoxy) is 1. The van der Waals surface area contributed by atoms with Crippen LogP contribution < -0.4 is 14.9 Å². The number of allylic oxidation sites excluding steroid dienone is 1. The highest BCUT2D eigenvalue weighted by atomic mass is 32.2. The fourth-order valence-corrected chi connectivity index (χ4v) is 12.2. The third-order valence-electron chi connectivity index (χ3n) is 13.5. The standard InChI is InChI=1S/C49H64F5N5O7S3.C2H4/c1-47(2)21-19-37(36(32-47)9-8-12-44(50)51)33-58-27-29-59(30-28-58)39-15-13-35(14-16-39)45(60)56-69(64,65)41-17-18-42(43(31-41)68(62,63)49(52,53)54)55-38(34-67-40-10-6-5-7-11-40)20-24-57-25-22-48(3,23-26-57)46(61)66-4;1-2/h5-7,10-11,13-18,31,38,44,55H,8-9,12,19-30,32-34H2,1-4H3,(H,56,60);1-2H2. The lowest BCUT2D eigenvalue weighted by molar-refractivity contribution is -0.154. The third kappa shape index (κ3) is 15.7. The van der Waals surface area contributed by atoms with Gasteiger partial charge in [-0.25, -0.2) is 30.3 Å². The molecule has 0 radical (unpaired) electrons. The molecule has 0 aromatic heterocycles. The molecular weight excluding hydrogens is 986 g/mol. The van der Waals surface area contributed by atoms with Gasteiger partial charge in [-0.05, 0) is 131 Å². The van der Waals surface area contributed by atoms with Gasteiger partial charge in [-0.15, -0.1) is 24.9 Å². The fraction of sp³-hybridized carbons (Fsp3) is 0.529. The van der Waals surface area contributed by atoms with E-state index in [0.29, 0.717) is 76.6 Å². The molecule has 3 aromatic carbocycles. The number of anilines is 2. The molecule has 1 atom stereocenters. The molecule has 2 aliphatic heterocycles. The van der Waals surface area contributed by atoms with E-state index in [2.05, 4.69) is 47.0 Å². The first-order valence-electron chi connectivity index (χ1n) is 23.8. The molecule has 2 fully saturated rings. The van der Waals surface area contributed by atoms with E-state index in [9.17, 15) is 48.4 Å². The van der Waals surface area contributed by atoms with Gasteiger partial charge in [0.15, 0.2) is 0 Å². The van der Waals surface area contributed by atoms with Gasteiger partial charge in [-0.3, -0.25) is 14.5 Å². The maximum atomic E-state index is 14.3. The monoisotopic (exact) mass is 1050 g/mol. The Balaban J connectivity index is 0.00000463. The van der Waals surface area contributed by atoms with Crippen molar-refractivity contribution in [3.8, 4) is 0 Å². The third-order valence-corrected chi connectivity index (χ3v) is 17.6. The number of sulfone groups is 1. The van der Waals surface area contributed by atoms with E-state index in [0.717, 1.165) is 61.6 Å². The molecule has 2 heterocycles. The highest BCUT2D eigenvalue weighted by Crippen LogP contribution is 2.41. The summed E-state index contributed by atoms with van der Waals surface area (Å²) < 4.78 is 129. The number of halogens is 5. The first-order chi connectivity index (χ1) is 33.5. The number of amides is 1. The number of thioether (sulfide) groups is 1. The summed E-state index contributed by atoms with van der Waals surface area (Å²) in [5.41, 5.74) is -3.33. The molecule has 2 saturated heterocycles. The van der Waals surface area contributed by atoms with E-state index in [1.54, 1.807) is 12.1 Å². The van der Waals surface area contributed by atoms with Crippen LogP contribution in [0.5, 0.6) is 0 Å². The van der Waals surface area contributed by atoms with Gasteiger partial charge in [0.05, 0.1) is 23.1 Å². The predicted molar refractivity (Wildman–Crippen MR) is 270 cm³/mol. The Labute approximate surface area is 420 Å². The van der Waals surface area contributed by atoms with Crippen molar-refractivity contribution in [2.75, 3.05) is 75.4 Å². The van der Waals surface area contributed by atoms with Gasteiger partial charge in [0.25, 0.3) is 25.8 Å². The summed E-state index contributed by atoms with van der Waals surface area (Å²) in [5.74, 6) is -1.06. The minimum Gasteiger partial charge on any atom is -0.469 e. The molecule has 0 saturated carbocycles. The summed E-state index contributed by atoms with van der Waals surface area (Å²) in [7, 11) is -9.67. The van der Waals surface area contributed by atoms with Crippen LogP contribution in [0, 0.1) is 10.8 Å². The second-order valence-corrected chi connectivity index (χ2v) is 24.0. The van der Waals surface area contributed by atoms with Gasteiger partial charge in [0, 0.05) is 73.6 Å². The molecule has 392 valence electrons. The van der Waals surface area contributed by atoms with Crippen LogP contribution in [0.15, 0.2) is 112 Å². The van der Waals surface area contributed by atoms with Crippen LogP contribution in [-0.2, 0) is 29.4 Å². The summed E-state index contributed by atoms with van der Waals surface area (Å²) in [4.78, 5) is 31.1. The molecule has 6 rings (SSSR count). The van der Waals surface area contributed by atoms with Crippen molar-refractivity contribution in [1.82, 2.24) is 14.5 Å². The second kappa shape index (κ2) is 25.0. The molecule has 20 heteroatoms. The highest BCUT2D eigenvalue weighted by molar-refractivity contribution is 7.99. The first kappa shape index (κ1) is 57.4. The summed E-state index contributed by atoms with van der Waals surface area (Å²) in [6.45, 7) is 17.5. The van der Waals surface area contributed by atoms with E-state index in [-0.39, 0.29) is 23.4 Å². The molecule has 0 bridgehead atoms. The number of carbonyl (C=O) groups is 2. The Morgan fingerprint density at radius 3 is 2.08 bits per heavy atom. The number of hydrogen-bond acceptors (Lipinski definition) is 12. The minimum absolute atomic E-state index is 0.0451. The lowest BCUT2D eigenvalue weighted by atomic mass is 9.73. The van der Waals surface area contributed by atoms with E-state index in [1.165, 1.54) is 42.2 Å². The van der Waals surface area contributed by atoms with Crippen molar-refractivity contribution in [1.29, 1.82) is 0 Å². The Kier molecular flexibility index (Phi) is 20.2. The number of piperazine rings is 1. The van der Waals surface area contributed by atoms with Crippen LogP contribution in [0.4, 0.5) is 33.3 Å². The smallest absolute Gasteiger partial charge is 0.469 e. The molecule has 3 aliphatic rings. The maximum Gasteiger partial charge on any atom is 0.501 e. The summed E-state index contributed by atoms with van der Waals surface area (Å²) in [6.07, 6.45) is 3.10. The molecule has 2 N–H and O–H groups in total. The van der Waals surface area contributed by atoms with Crippen molar-refractivity contribution in [3.63, 3.8) is 0 Å². The highest BCUT2D eigenvalue weighted by Gasteiger charge is 2.48. The lowest BCUT2D eigenvalue weighted by Crippen LogP contribution is -2.47. The number of sulfonamides is 1. The molecule has 71 heavy (non-hydrogen) atoms. The van der Waals surface area contributed by atoms with Gasteiger partial charge >= 0.3 is 11.5 Å². The number of likely N-dealkylation sites (tertiary alicyclic amines) is 1. The number of alkyl halides is 5. The Morgan fingerprint density at radius 2 is 1.48 bits per heavy atom. The second-order valence-electron chi connectivity index (χ2n) is 19.3. The van der Waals surface area contributed by atoms with Gasteiger partial charge in [0.1, 0.15) is 4.90 Å². The van der Waals surface area contributed by atoms with Crippen LogP contribution in [0.2, 0.25) is 0 Å². The first-order valence-corrected chi connectivity index (χ1v) is 27.8. The van der Waals surface area contributed by atoms with E-state index < -0.39 is 64.6 Å². The largest absolute Gasteiger partial charge is 0.501 e. The van der Waals surface area contributed by atoms with Gasteiger partial charge in [-0.2, -0.15) is 13.2 Å². The summed E-state index contributed by atoms with van der Waals surface area (Å²) in [6, 6.07) is 17.2. The molecular formula is C51H68F5N5O7S3. The van der Waals surface area contributed by atoms with Crippen molar-refractivity contribution in [2.45, 2.75) is 111 Å². The summed E-state index contributed by atoms with van der Waals surface area (Å²) in [5, 5.41) is 2.98. The van der Waals surface area contributed by atoms with Crippen molar-refractivity contribution < 1.29 is 53.1 Å². The normalized spacial score (nSPS) is 18.3. The van der Waals surface area contributed by atoms with E-state index in [4.69, 9.17) is 4.74 Å². The number of nitrogens with zero attached hydrogens (tertiary/aromatic N) is 3. The van der Waals surface area contributed by atoms with Crippen molar-refractivity contribution >= 4 is 54.9 Å². The number of methoxy groups -OCH3 is 1. The van der Waals surface area contributed by atoms with Crippen LogP contribution in [0.3, 0.4) is 0 Å². The quantitative estimate of drug-likeness (QED) is 0.0481. The Morgan fingerprint density at radius 1 is 0.831 bits per heavy atom. The molecule has 3 aromatic rings. The molecule has 1 unspecified atom stereocenters. The van der Waals surface area contributed by atoms with Gasteiger partial charge in [-0.1, -0.05) is 43.2 Å². The fourth-order valence-electron chi connectivity index (χ4n) is 9.21. The molecule has 0 spiro atoms. The average molecular weight is 1050 g/mol. The Bertz CT molecular complexity index is 2510. The number of nitrogens with one attached hydrogen (secondary N) is 2. The molecule has 1 aliphatic carbocycles. The number of piperidine rings is 1. The number of benzene rings is 3. The maximum absolute atomic E-state index is 14.3. The topological polar surface area (TPSA) is 145 Å². The number of esters is 1. The number of rotatable bonds is 20. The van der Waals surface area contributed by atoms with Gasteiger partial charge < -0.3 is 19.9 Å². The minimum atomic E-state index is -6.12. The van der Waals surface area contributed by atoms with E-state index in [1.807, 2.05) is 42.0 Å². The number of carbonyl (C=O) groups excluding carboxylic acids is 2. The van der Waals surface area contributed by atoms with Crippen molar-refractivity contribution in [3.05, 3.63) is 103 Å². The number of hydrogen-bond donors (Lipinski definition) is 2. The van der Waals surface area contributed by atoms with Crippen LogP contribution in [0.1, 0.15) is 88.9 Å². The Hall–Kier alpha value is -4.50. The molecule has 12 nitrogen and oxygen atoms in total. The zero-order valence-corrected chi connectivity index (χ0v) is 43.5. The molecule has 1 amide bonds. The van der Waals surface area contributed by atoms with Gasteiger partial charge in [0.2, 0.25) is 6.43 Å². The predicted octanol–water partition coefficient (Wildman–Crippen LogP) is 10.2.